The van der Waals surface area contributed by atoms with Gasteiger partial charge in [-0.05, 0) is 60.2 Å². The van der Waals surface area contributed by atoms with E-state index in [0.29, 0.717) is 22.0 Å². The maximum Gasteiger partial charge on any atom is 0.255 e. The van der Waals surface area contributed by atoms with Crippen LogP contribution in [0.5, 0.6) is 5.75 Å². The molecule has 0 aliphatic heterocycles. The molecule has 0 spiro atoms. The third kappa shape index (κ3) is 5.42. The van der Waals surface area contributed by atoms with E-state index in [-0.39, 0.29) is 5.91 Å². The van der Waals surface area contributed by atoms with Crippen LogP contribution in [0.2, 0.25) is 10.0 Å². The molecule has 0 aromatic heterocycles. The summed E-state index contributed by atoms with van der Waals surface area (Å²) in [6.07, 6.45) is 0. The molecule has 138 valence electrons. The first-order valence-electron chi connectivity index (χ1n) is 8.17. The Kier molecular flexibility index (Phi) is 6.67. The molecule has 0 bridgehead atoms. The van der Waals surface area contributed by atoms with Gasteiger partial charge in [0.1, 0.15) is 5.75 Å². The first-order valence-corrected chi connectivity index (χ1v) is 9.91. The van der Waals surface area contributed by atoms with Crippen LogP contribution in [0.25, 0.3) is 0 Å². The van der Waals surface area contributed by atoms with E-state index in [1.807, 2.05) is 48.5 Å². The number of halogens is 2. The lowest BCUT2D eigenvalue weighted by atomic mass is 10.1. The van der Waals surface area contributed by atoms with Gasteiger partial charge in [-0.3, -0.25) is 4.79 Å². The number of benzene rings is 3. The third-order valence-corrected chi connectivity index (χ3v) is 5.42. The largest absolute Gasteiger partial charge is 0.495 e. The molecular weight excluding hydrogens is 401 g/mol. The van der Waals surface area contributed by atoms with Gasteiger partial charge >= 0.3 is 0 Å². The van der Waals surface area contributed by atoms with Crippen LogP contribution in [0.15, 0.2) is 71.6 Å². The number of carbonyl (C=O) groups is 1. The zero-order valence-corrected chi connectivity index (χ0v) is 16.9. The smallest absolute Gasteiger partial charge is 0.255 e. The molecule has 0 heterocycles. The van der Waals surface area contributed by atoms with Gasteiger partial charge in [-0.2, -0.15) is 0 Å². The Morgan fingerprint density at radius 3 is 2.30 bits per heavy atom. The number of methoxy groups -OCH3 is 1. The Hall–Kier alpha value is -2.14. The summed E-state index contributed by atoms with van der Waals surface area (Å²) in [6, 6.07) is 20.4. The number of rotatable bonds is 6. The van der Waals surface area contributed by atoms with Crippen molar-refractivity contribution in [2.24, 2.45) is 0 Å². The average molecular weight is 418 g/mol. The molecule has 1 N–H and O–H groups in total. The highest BCUT2D eigenvalue weighted by molar-refractivity contribution is 7.98. The molecule has 6 heteroatoms. The molecule has 3 aromatic carbocycles. The highest BCUT2D eigenvalue weighted by Crippen LogP contribution is 2.28. The predicted octanol–water partition coefficient (Wildman–Crippen LogP) is 6.55. The maximum absolute atomic E-state index is 12.5. The molecule has 0 aliphatic carbocycles. The lowest BCUT2D eigenvalue weighted by Gasteiger charge is -2.11. The molecular formula is C21H17Cl2NO2S. The number of thioether (sulfide) groups is 1. The molecule has 0 unspecified atom stereocenters. The van der Waals surface area contributed by atoms with Crippen LogP contribution >= 0.6 is 35.0 Å². The summed E-state index contributed by atoms with van der Waals surface area (Å²) in [5.74, 6) is 1.15. The maximum atomic E-state index is 12.5. The number of nitrogens with one attached hydrogen (secondary N) is 1. The lowest BCUT2D eigenvalue weighted by molar-refractivity contribution is 0.102. The summed E-state index contributed by atoms with van der Waals surface area (Å²) >= 11 is 13.6. The number of hydrogen-bond donors (Lipinski definition) is 1. The minimum absolute atomic E-state index is 0.215. The van der Waals surface area contributed by atoms with E-state index in [0.717, 1.165) is 21.2 Å². The first-order chi connectivity index (χ1) is 13.0. The fourth-order valence-electron chi connectivity index (χ4n) is 2.42. The molecule has 1 amide bonds. The third-order valence-electron chi connectivity index (χ3n) is 3.84. The van der Waals surface area contributed by atoms with Crippen LogP contribution in [-0.4, -0.2) is 13.0 Å². The fraction of sp³-hybridized carbons (Fsp3) is 0.0952. The van der Waals surface area contributed by atoms with Crippen molar-refractivity contribution < 1.29 is 9.53 Å². The van der Waals surface area contributed by atoms with Crippen LogP contribution < -0.4 is 10.1 Å². The van der Waals surface area contributed by atoms with Gasteiger partial charge in [-0.25, -0.2) is 0 Å². The van der Waals surface area contributed by atoms with Gasteiger partial charge in [0.25, 0.3) is 5.91 Å². The standard InChI is InChI=1S/C21H17Cl2NO2S/c1-26-20-11-8-17(23)12-19(20)24-21(25)15-4-2-14(3-5-15)13-27-18-9-6-16(22)7-10-18/h2-12H,13H2,1H3,(H,24,25). The Balaban J connectivity index is 1.63. The SMILES string of the molecule is COc1ccc(Cl)cc1NC(=O)c1ccc(CSc2ccc(Cl)cc2)cc1. The van der Waals surface area contributed by atoms with E-state index in [2.05, 4.69) is 5.32 Å². The Morgan fingerprint density at radius 1 is 0.963 bits per heavy atom. The molecule has 0 radical (unpaired) electrons. The minimum atomic E-state index is -0.215. The molecule has 27 heavy (non-hydrogen) atoms. The zero-order chi connectivity index (χ0) is 19.2. The van der Waals surface area contributed by atoms with Gasteiger partial charge in [0, 0.05) is 26.3 Å². The number of ether oxygens (including phenoxy) is 1. The van der Waals surface area contributed by atoms with Crippen molar-refractivity contribution in [2.45, 2.75) is 10.6 Å². The van der Waals surface area contributed by atoms with Gasteiger partial charge in [-0.15, -0.1) is 11.8 Å². The monoisotopic (exact) mass is 417 g/mol. The van der Waals surface area contributed by atoms with Crippen molar-refractivity contribution in [3.05, 3.63) is 87.9 Å². The van der Waals surface area contributed by atoms with Crippen molar-refractivity contribution in [1.82, 2.24) is 0 Å². The van der Waals surface area contributed by atoms with E-state index in [9.17, 15) is 4.79 Å². The highest BCUT2D eigenvalue weighted by atomic mass is 35.5. The van der Waals surface area contributed by atoms with Crippen LogP contribution in [0.1, 0.15) is 15.9 Å². The number of anilines is 1. The van der Waals surface area contributed by atoms with Crippen LogP contribution in [0.4, 0.5) is 5.69 Å². The predicted molar refractivity (Wildman–Crippen MR) is 113 cm³/mol. The van der Waals surface area contributed by atoms with Crippen molar-refractivity contribution in [3.8, 4) is 5.75 Å². The summed E-state index contributed by atoms with van der Waals surface area (Å²) in [7, 11) is 1.55. The van der Waals surface area contributed by atoms with E-state index < -0.39 is 0 Å². The second-order valence-corrected chi connectivity index (χ2v) is 7.66. The first kappa shape index (κ1) is 19.6. The van der Waals surface area contributed by atoms with Crippen LogP contribution in [0.3, 0.4) is 0 Å². The van der Waals surface area contributed by atoms with Crippen molar-refractivity contribution in [2.75, 3.05) is 12.4 Å². The van der Waals surface area contributed by atoms with Crippen molar-refractivity contribution in [1.29, 1.82) is 0 Å². The number of carbonyl (C=O) groups excluding carboxylic acids is 1. The van der Waals surface area contributed by atoms with Gasteiger partial charge < -0.3 is 10.1 Å². The summed E-state index contributed by atoms with van der Waals surface area (Å²) < 4.78 is 5.25. The van der Waals surface area contributed by atoms with Crippen molar-refractivity contribution >= 4 is 46.6 Å². The van der Waals surface area contributed by atoms with E-state index in [1.165, 1.54) is 0 Å². The van der Waals surface area contributed by atoms with E-state index in [1.54, 1.807) is 37.1 Å². The van der Waals surface area contributed by atoms with Crippen molar-refractivity contribution in [3.63, 3.8) is 0 Å². The number of amides is 1. The zero-order valence-electron chi connectivity index (χ0n) is 14.5. The molecule has 0 aliphatic rings. The van der Waals surface area contributed by atoms with Gasteiger partial charge in [-0.1, -0.05) is 35.3 Å². The molecule has 3 nitrogen and oxygen atoms in total. The molecule has 3 rings (SSSR count). The van der Waals surface area contributed by atoms with Crippen LogP contribution in [-0.2, 0) is 5.75 Å². The average Bonchev–Trinajstić information content (AvgIpc) is 2.68. The van der Waals surface area contributed by atoms with Gasteiger partial charge in [0.15, 0.2) is 0 Å². The molecule has 0 fully saturated rings. The molecule has 0 saturated carbocycles. The second-order valence-electron chi connectivity index (χ2n) is 5.74. The van der Waals surface area contributed by atoms with Gasteiger partial charge in [0.05, 0.1) is 12.8 Å². The normalized spacial score (nSPS) is 10.5. The molecule has 0 atom stereocenters. The highest BCUT2D eigenvalue weighted by Gasteiger charge is 2.10. The summed E-state index contributed by atoms with van der Waals surface area (Å²) in [4.78, 5) is 13.6. The Labute approximate surface area is 172 Å². The van der Waals surface area contributed by atoms with Gasteiger partial charge in [0.2, 0.25) is 0 Å². The van der Waals surface area contributed by atoms with E-state index in [4.69, 9.17) is 27.9 Å². The van der Waals surface area contributed by atoms with E-state index >= 15 is 0 Å². The molecule has 3 aromatic rings. The Bertz CT molecular complexity index is 928. The molecule has 0 saturated heterocycles. The minimum Gasteiger partial charge on any atom is -0.495 e. The second kappa shape index (κ2) is 9.18. The quantitative estimate of drug-likeness (QED) is 0.462. The summed E-state index contributed by atoms with van der Waals surface area (Å²) in [5, 5.41) is 4.09. The Morgan fingerprint density at radius 2 is 1.63 bits per heavy atom. The van der Waals surface area contributed by atoms with Crippen LogP contribution in [0, 0.1) is 0 Å². The summed E-state index contributed by atoms with van der Waals surface area (Å²) in [5.41, 5.74) is 2.24. The topological polar surface area (TPSA) is 38.3 Å². The fourth-order valence-corrected chi connectivity index (χ4v) is 3.57. The lowest BCUT2D eigenvalue weighted by Crippen LogP contribution is -2.12. The summed E-state index contributed by atoms with van der Waals surface area (Å²) in [6.45, 7) is 0. The number of hydrogen-bond acceptors (Lipinski definition) is 3.